The molecule has 4 nitrogen and oxygen atoms in total. The van der Waals surface area contributed by atoms with Gasteiger partial charge in [0.05, 0.1) is 5.39 Å². The molecule has 5 heteroatoms. The Balaban J connectivity index is 1.66. The highest BCUT2D eigenvalue weighted by Gasteiger charge is 2.27. The zero-order chi connectivity index (χ0) is 18.1. The lowest BCUT2D eigenvalue weighted by atomic mass is 10.1. The van der Waals surface area contributed by atoms with Gasteiger partial charge < -0.3 is 10.2 Å². The van der Waals surface area contributed by atoms with Crippen LogP contribution >= 0.6 is 11.3 Å². The molecule has 0 atom stereocenters. The van der Waals surface area contributed by atoms with Crippen molar-refractivity contribution in [3.8, 4) is 11.6 Å². The van der Waals surface area contributed by atoms with Crippen LogP contribution in [0.2, 0.25) is 0 Å². The van der Waals surface area contributed by atoms with Gasteiger partial charge in [0, 0.05) is 17.2 Å². The van der Waals surface area contributed by atoms with E-state index in [9.17, 15) is 0 Å². The Morgan fingerprint density at radius 1 is 1.38 bits per heavy atom. The van der Waals surface area contributed by atoms with Crippen LogP contribution in [0.4, 0.5) is 5.82 Å². The molecule has 1 aliphatic rings. The molecule has 4 rings (SSSR count). The molecule has 0 aromatic carbocycles. The number of thiophene rings is 1. The molecule has 2 N–H and O–H groups in total. The van der Waals surface area contributed by atoms with E-state index in [2.05, 4.69) is 29.8 Å². The highest BCUT2D eigenvalue weighted by atomic mass is 32.1. The molecule has 132 valence electrons. The van der Waals surface area contributed by atoms with Gasteiger partial charge in [-0.2, -0.15) is 0 Å². The normalized spacial score (nSPS) is 15.2. The second kappa shape index (κ2) is 6.92. The Morgan fingerprint density at radius 2 is 2.23 bits per heavy atom. The van der Waals surface area contributed by atoms with E-state index >= 15 is 0 Å². The van der Waals surface area contributed by atoms with E-state index in [1.54, 1.807) is 17.4 Å². The molecule has 3 heterocycles. The van der Waals surface area contributed by atoms with E-state index in [4.69, 9.17) is 15.1 Å². The zero-order valence-corrected chi connectivity index (χ0v) is 15.6. The molecule has 3 aromatic rings. The standard InChI is InChI=1S/C21H21N3OS/c1-3-5-6-13(4-2)11-15-12-16-19(22)23-20(24-21(16)26-15)18-10-9-17(25-18)14-7-8-14/h3-6,9-10,12,14H,1,7-8,11H2,2H3,(H2,22,23,24). The molecule has 0 unspecified atom stereocenters. The summed E-state index contributed by atoms with van der Waals surface area (Å²) in [6.45, 7) is 5.76. The number of hydrogen-bond acceptors (Lipinski definition) is 5. The third-order valence-corrected chi connectivity index (χ3v) is 5.52. The summed E-state index contributed by atoms with van der Waals surface area (Å²) < 4.78 is 5.93. The highest BCUT2D eigenvalue weighted by Crippen LogP contribution is 2.42. The molecular weight excluding hydrogens is 342 g/mol. The summed E-state index contributed by atoms with van der Waals surface area (Å²) in [4.78, 5) is 11.3. The molecule has 26 heavy (non-hydrogen) atoms. The number of nitrogens with zero attached hydrogens (tertiary/aromatic N) is 2. The largest absolute Gasteiger partial charge is 0.457 e. The number of aromatic nitrogens is 2. The van der Waals surface area contributed by atoms with Gasteiger partial charge in [-0.3, -0.25) is 0 Å². The van der Waals surface area contributed by atoms with Crippen molar-refractivity contribution in [2.45, 2.75) is 32.1 Å². The Hall–Kier alpha value is -2.66. The fourth-order valence-electron chi connectivity index (χ4n) is 2.90. The maximum Gasteiger partial charge on any atom is 0.199 e. The van der Waals surface area contributed by atoms with Gasteiger partial charge in [-0.05, 0) is 43.5 Å². The lowest BCUT2D eigenvalue weighted by Gasteiger charge is -1.99. The average Bonchev–Trinajstić information content (AvgIpc) is 3.22. The number of hydrogen-bond donors (Lipinski definition) is 1. The van der Waals surface area contributed by atoms with Crippen LogP contribution in [-0.4, -0.2) is 9.97 Å². The maximum absolute atomic E-state index is 6.20. The summed E-state index contributed by atoms with van der Waals surface area (Å²) in [5.41, 5.74) is 7.43. The van der Waals surface area contributed by atoms with Crippen molar-refractivity contribution < 1.29 is 4.42 Å². The summed E-state index contributed by atoms with van der Waals surface area (Å²) in [6, 6.07) is 6.06. The van der Waals surface area contributed by atoms with Gasteiger partial charge in [0.1, 0.15) is 16.4 Å². The summed E-state index contributed by atoms with van der Waals surface area (Å²) in [7, 11) is 0. The molecule has 1 fully saturated rings. The smallest absolute Gasteiger partial charge is 0.199 e. The van der Waals surface area contributed by atoms with E-state index in [1.165, 1.54) is 23.3 Å². The Labute approximate surface area is 156 Å². The Bertz CT molecular complexity index is 1020. The first-order valence-corrected chi connectivity index (χ1v) is 9.60. The number of nitrogens with two attached hydrogens (primary N) is 1. The maximum atomic E-state index is 6.20. The Kier molecular flexibility index (Phi) is 4.47. The third-order valence-electron chi connectivity index (χ3n) is 4.50. The van der Waals surface area contributed by atoms with Crippen molar-refractivity contribution in [1.29, 1.82) is 0 Å². The number of allylic oxidation sites excluding steroid dienone is 5. The van der Waals surface area contributed by atoms with E-state index in [0.29, 0.717) is 23.3 Å². The predicted molar refractivity (Wildman–Crippen MR) is 108 cm³/mol. The van der Waals surface area contributed by atoms with Gasteiger partial charge in [0.25, 0.3) is 0 Å². The van der Waals surface area contributed by atoms with Crippen LogP contribution in [0.25, 0.3) is 21.8 Å². The molecule has 0 radical (unpaired) electrons. The summed E-state index contributed by atoms with van der Waals surface area (Å²) >= 11 is 1.65. The minimum absolute atomic E-state index is 0.500. The fourth-order valence-corrected chi connectivity index (χ4v) is 3.97. The van der Waals surface area contributed by atoms with Crippen LogP contribution < -0.4 is 5.73 Å². The quantitative estimate of drug-likeness (QED) is 0.575. The SMILES string of the molecule is C=CC=CC(=CC)Cc1cc2c(N)nc(-c3ccc(C4CC4)o3)nc2s1. The first-order chi connectivity index (χ1) is 12.7. The molecule has 1 saturated carbocycles. The van der Waals surface area contributed by atoms with Crippen molar-refractivity contribution in [3.05, 3.63) is 65.3 Å². The van der Waals surface area contributed by atoms with E-state index in [0.717, 1.165) is 22.4 Å². The first kappa shape index (κ1) is 16.8. The van der Waals surface area contributed by atoms with Gasteiger partial charge in [0.2, 0.25) is 0 Å². The summed E-state index contributed by atoms with van der Waals surface area (Å²) in [6.07, 6.45) is 11.1. The topological polar surface area (TPSA) is 64.9 Å². The van der Waals surface area contributed by atoms with Gasteiger partial charge in [-0.15, -0.1) is 11.3 Å². The van der Waals surface area contributed by atoms with Crippen molar-refractivity contribution in [2.75, 3.05) is 5.73 Å². The second-order valence-electron chi connectivity index (χ2n) is 6.48. The molecule has 0 saturated heterocycles. The number of nitrogen functional groups attached to an aromatic ring is 1. The van der Waals surface area contributed by atoms with E-state index < -0.39 is 0 Å². The monoisotopic (exact) mass is 363 g/mol. The van der Waals surface area contributed by atoms with Crippen LogP contribution in [0.1, 0.15) is 36.3 Å². The number of anilines is 1. The third kappa shape index (κ3) is 3.35. The van der Waals surface area contributed by atoms with E-state index in [-0.39, 0.29) is 0 Å². The van der Waals surface area contributed by atoms with Crippen LogP contribution in [0.15, 0.2) is 59.1 Å². The fraction of sp³-hybridized carbons (Fsp3) is 0.238. The molecule has 0 aliphatic heterocycles. The molecular formula is C21H21N3OS. The minimum atomic E-state index is 0.500. The van der Waals surface area contributed by atoms with Crippen molar-refractivity contribution in [2.24, 2.45) is 0 Å². The van der Waals surface area contributed by atoms with Crippen LogP contribution in [-0.2, 0) is 6.42 Å². The molecule has 1 aliphatic carbocycles. The van der Waals surface area contributed by atoms with Gasteiger partial charge in [-0.25, -0.2) is 9.97 Å². The van der Waals surface area contributed by atoms with Crippen LogP contribution in [0.3, 0.4) is 0 Å². The van der Waals surface area contributed by atoms with Crippen molar-refractivity contribution in [3.63, 3.8) is 0 Å². The first-order valence-electron chi connectivity index (χ1n) is 8.78. The van der Waals surface area contributed by atoms with E-state index in [1.807, 2.05) is 25.1 Å². The predicted octanol–water partition coefficient (Wildman–Crippen LogP) is 5.64. The highest BCUT2D eigenvalue weighted by molar-refractivity contribution is 7.18. The molecule has 3 aromatic heterocycles. The zero-order valence-electron chi connectivity index (χ0n) is 14.7. The molecule has 0 amide bonds. The van der Waals surface area contributed by atoms with Gasteiger partial charge in [-0.1, -0.05) is 30.9 Å². The second-order valence-corrected chi connectivity index (χ2v) is 7.59. The van der Waals surface area contributed by atoms with Crippen molar-refractivity contribution in [1.82, 2.24) is 9.97 Å². The van der Waals surface area contributed by atoms with Gasteiger partial charge in [0.15, 0.2) is 11.6 Å². The summed E-state index contributed by atoms with van der Waals surface area (Å²) in [5.74, 6) is 3.36. The molecule has 0 bridgehead atoms. The number of rotatable bonds is 6. The summed E-state index contributed by atoms with van der Waals surface area (Å²) in [5, 5.41) is 0.908. The number of furan rings is 1. The Morgan fingerprint density at radius 3 is 2.96 bits per heavy atom. The number of fused-ring (bicyclic) bond motifs is 1. The lowest BCUT2D eigenvalue weighted by molar-refractivity contribution is 0.522. The van der Waals surface area contributed by atoms with Crippen LogP contribution in [0, 0.1) is 0 Å². The van der Waals surface area contributed by atoms with Crippen molar-refractivity contribution >= 4 is 27.4 Å². The van der Waals surface area contributed by atoms with Gasteiger partial charge >= 0.3 is 0 Å². The molecule has 0 spiro atoms. The van der Waals surface area contributed by atoms with Crippen LogP contribution in [0.5, 0.6) is 0 Å². The lowest BCUT2D eigenvalue weighted by Crippen LogP contribution is -1.95. The average molecular weight is 363 g/mol. The minimum Gasteiger partial charge on any atom is -0.457 e.